The Morgan fingerprint density at radius 3 is 2.52 bits per heavy atom. The van der Waals surface area contributed by atoms with Gasteiger partial charge in [-0.05, 0) is 31.0 Å². The van der Waals surface area contributed by atoms with E-state index < -0.39 is 36.1 Å². The summed E-state index contributed by atoms with van der Waals surface area (Å²) in [7, 11) is 2.40. The van der Waals surface area contributed by atoms with Gasteiger partial charge >= 0.3 is 17.8 Å². The number of hydrogen-bond acceptors (Lipinski definition) is 6. The minimum absolute atomic E-state index is 0.0676. The molecule has 7 nitrogen and oxygen atoms in total. The minimum atomic E-state index is -4.66. The van der Waals surface area contributed by atoms with Gasteiger partial charge in [0.05, 0.1) is 20.6 Å². The van der Waals surface area contributed by atoms with Crippen LogP contribution in [0.4, 0.5) is 13.2 Å². The minimum Gasteiger partial charge on any atom is -0.497 e. The monoisotopic (exact) mass is 415 g/mol. The van der Waals surface area contributed by atoms with Gasteiger partial charge in [-0.3, -0.25) is 4.79 Å². The first-order valence-electron chi connectivity index (χ1n) is 8.60. The van der Waals surface area contributed by atoms with Crippen LogP contribution in [0.15, 0.2) is 27.4 Å². The number of ether oxygens (including phenoxy) is 2. The van der Waals surface area contributed by atoms with E-state index in [0.717, 1.165) is 7.11 Å². The molecule has 1 amide bonds. The smallest absolute Gasteiger partial charge is 0.391 e. The summed E-state index contributed by atoms with van der Waals surface area (Å²) in [5.74, 6) is -1.52. The molecule has 0 spiro atoms. The zero-order chi connectivity index (χ0) is 21.8. The first kappa shape index (κ1) is 22.3. The Morgan fingerprint density at radius 2 is 1.93 bits per heavy atom. The number of alkyl halides is 3. The quantitative estimate of drug-likeness (QED) is 0.552. The average molecular weight is 415 g/mol. The third-order valence-electron chi connectivity index (χ3n) is 4.35. The van der Waals surface area contributed by atoms with Gasteiger partial charge in [-0.25, -0.2) is 9.59 Å². The normalized spacial score (nSPS) is 12.5. The van der Waals surface area contributed by atoms with Crippen molar-refractivity contribution in [2.24, 2.45) is 0 Å². The van der Waals surface area contributed by atoms with Crippen molar-refractivity contribution in [2.45, 2.75) is 38.4 Å². The van der Waals surface area contributed by atoms with Crippen molar-refractivity contribution in [2.75, 3.05) is 14.2 Å². The zero-order valence-corrected chi connectivity index (χ0v) is 16.0. The number of methoxy groups -OCH3 is 2. The van der Waals surface area contributed by atoms with E-state index >= 15 is 0 Å². The maximum Gasteiger partial charge on any atom is 0.391 e. The largest absolute Gasteiger partial charge is 0.497 e. The Balaban J connectivity index is 2.15. The van der Waals surface area contributed by atoms with Gasteiger partial charge in [0.25, 0.3) is 0 Å². The molecule has 0 saturated heterocycles. The van der Waals surface area contributed by atoms with E-state index in [4.69, 9.17) is 9.15 Å². The molecule has 2 aromatic rings. The Labute approximate surface area is 163 Å². The second-order valence-electron chi connectivity index (χ2n) is 6.32. The average Bonchev–Trinajstić information content (AvgIpc) is 2.64. The van der Waals surface area contributed by atoms with Gasteiger partial charge in [0.1, 0.15) is 17.4 Å². The highest BCUT2D eigenvalue weighted by Gasteiger charge is 2.36. The molecule has 1 N–H and O–H groups in total. The van der Waals surface area contributed by atoms with Crippen LogP contribution in [0.2, 0.25) is 0 Å². The summed E-state index contributed by atoms with van der Waals surface area (Å²) in [6, 6.07) is 3.09. The highest BCUT2D eigenvalue weighted by atomic mass is 19.4. The Kier molecular flexibility index (Phi) is 6.89. The standard InChI is InChI=1S/C19H20F3NO6/c1-10-12-5-4-11(27-2)8-15(12)29-17(25)13(10)6-7-16(24)23-14(18(26)28-3)9-19(20,21)22/h4-5,8,14H,6-7,9H2,1-3H3,(H,23,24). The molecule has 0 bridgehead atoms. The third-order valence-corrected chi connectivity index (χ3v) is 4.35. The number of halogens is 3. The van der Waals surface area contributed by atoms with E-state index in [9.17, 15) is 27.6 Å². The maximum absolute atomic E-state index is 12.6. The van der Waals surface area contributed by atoms with E-state index in [1.165, 1.54) is 7.11 Å². The Hall–Kier alpha value is -3.04. The number of hydrogen-bond donors (Lipinski definition) is 1. The van der Waals surface area contributed by atoms with Crippen LogP contribution in [0.5, 0.6) is 5.75 Å². The third kappa shape index (κ3) is 5.72. The molecule has 10 heteroatoms. The van der Waals surface area contributed by atoms with Crippen LogP contribution in [-0.4, -0.2) is 38.3 Å². The van der Waals surface area contributed by atoms with Crippen LogP contribution in [-0.2, 0) is 20.7 Å². The SMILES string of the molecule is COC(=O)C(CC(F)(F)F)NC(=O)CCc1c(C)c2ccc(OC)cc2oc1=O. The topological polar surface area (TPSA) is 94.8 Å². The predicted molar refractivity (Wildman–Crippen MR) is 96.7 cm³/mol. The van der Waals surface area contributed by atoms with Gasteiger partial charge in [0.15, 0.2) is 0 Å². The van der Waals surface area contributed by atoms with E-state index in [-0.39, 0.29) is 18.4 Å². The van der Waals surface area contributed by atoms with E-state index in [0.29, 0.717) is 22.3 Å². The number of fused-ring (bicyclic) bond motifs is 1. The second-order valence-corrected chi connectivity index (χ2v) is 6.32. The summed E-state index contributed by atoms with van der Waals surface area (Å²) in [6.45, 7) is 1.68. The second kappa shape index (κ2) is 8.97. The summed E-state index contributed by atoms with van der Waals surface area (Å²) in [5.41, 5.74) is 0.474. The Morgan fingerprint density at radius 1 is 1.24 bits per heavy atom. The van der Waals surface area contributed by atoms with Crippen molar-refractivity contribution in [3.8, 4) is 5.75 Å². The van der Waals surface area contributed by atoms with Crippen LogP contribution < -0.4 is 15.7 Å². The summed E-state index contributed by atoms with van der Waals surface area (Å²) in [6.07, 6.45) is -6.59. The summed E-state index contributed by atoms with van der Waals surface area (Å²) >= 11 is 0. The lowest BCUT2D eigenvalue weighted by atomic mass is 10.0. The lowest BCUT2D eigenvalue weighted by Gasteiger charge is -2.18. The molecular formula is C19H20F3NO6. The zero-order valence-electron chi connectivity index (χ0n) is 16.0. The molecule has 1 aromatic heterocycles. The predicted octanol–water partition coefficient (Wildman–Crippen LogP) is 2.65. The molecule has 1 atom stereocenters. The number of amides is 1. The first-order chi connectivity index (χ1) is 13.6. The fourth-order valence-electron chi connectivity index (χ4n) is 2.86. The highest BCUT2D eigenvalue weighted by molar-refractivity contribution is 5.85. The van der Waals surface area contributed by atoms with E-state index in [1.807, 2.05) is 5.32 Å². The molecule has 1 aromatic carbocycles. The fourth-order valence-corrected chi connectivity index (χ4v) is 2.86. The fraction of sp³-hybridized carbons (Fsp3) is 0.421. The number of aryl methyl sites for hydroxylation is 1. The molecule has 2 rings (SSSR count). The molecule has 0 radical (unpaired) electrons. The maximum atomic E-state index is 12.6. The molecule has 29 heavy (non-hydrogen) atoms. The first-order valence-corrected chi connectivity index (χ1v) is 8.60. The van der Waals surface area contributed by atoms with Gasteiger partial charge in [0, 0.05) is 23.4 Å². The molecule has 0 aliphatic carbocycles. The molecule has 1 heterocycles. The van der Waals surface area contributed by atoms with E-state index in [1.54, 1.807) is 25.1 Å². The lowest BCUT2D eigenvalue weighted by molar-refractivity contribution is -0.162. The molecule has 0 saturated carbocycles. The number of benzene rings is 1. The number of rotatable bonds is 7. The van der Waals surface area contributed by atoms with Crippen molar-refractivity contribution in [3.05, 3.63) is 39.7 Å². The Bertz CT molecular complexity index is 967. The van der Waals surface area contributed by atoms with Gasteiger partial charge in [-0.1, -0.05) is 0 Å². The molecular weight excluding hydrogens is 395 g/mol. The molecule has 0 fully saturated rings. The van der Waals surface area contributed by atoms with Gasteiger partial charge < -0.3 is 19.2 Å². The van der Waals surface area contributed by atoms with Crippen molar-refractivity contribution in [3.63, 3.8) is 0 Å². The van der Waals surface area contributed by atoms with Gasteiger partial charge in [-0.2, -0.15) is 13.2 Å². The van der Waals surface area contributed by atoms with Crippen molar-refractivity contribution in [1.29, 1.82) is 0 Å². The summed E-state index contributed by atoms with van der Waals surface area (Å²) < 4.78 is 52.4. The molecule has 158 valence electrons. The van der Waals surface area contributed by atoms with Crippen LogP contribution in [0.3, 0.4) is 0 Å². The van der Waals surface area contributed by atoms with Crippen molar-refractivity contribution < 1.29 is 36.7 Å². The van der Waals surface area contributed by atoms with Gasteiger partial charge in [-0.15, -0.1) is 0 Å². The van der Waals surface area contributed by atoms with Crippen LogP contribution >= 0.6 is 0 Å². The molecule has 1 unspecified atom stereocenters. The number of carbonyl (C=O) groups excluding carboxylic acids is 2. The van der Waals surface area contributed by atoms with Crippen LogP contribution in [0, 0.1) is 6.92 Å². The lowest BCUT2D eigenvalue weighted by Crippen LogP contribution is -2.44. The summed E-state index contributed by atoms with van der Waals surface area (Å²) in [5, 5.41) is 2.65. The molecule has 0 aliphatic rings. The van der Waals surface area contributed by atoms with Crippen LogP contribution in [0.1, 0.15) is 24.0 Å². The van der Waals surface area contributed by atoms with E-state index in [2.05, 4.69) is 4.74 Å². The molecule has 0 aliphatic heterocycles. The van der Waals surface area contributed by atoms with Crippen molar-refractivity contribution in [1.82, 2.24) is 5.32 Å². The van der Waals surface area contributed by atoms with Crippen LogP contribution in [0.25, 0.3) is 11.0 Å². The van der Waals surface area contributed by atoms with Crippen molar-refractivity contribution >= 4 is 22.8 Å². The number of esters is 1. The number of carbonyl (C=O) groups is 2. The highest BCUT2D eigenvalue weighted by Crippen LogP contribution is 2.25. The summed E-state index contributed by atoms with van der Waals surface area (Å²) in [4.78, 5) is 35.8. The van der Waals surface area contributed by atoms with Gasteiger partial charge in [0.2, 0.25) is 5.91 Å². The number of nitrogens with one attached hydrogen (secondary N) is 1.